The number of nitrogens with zero attached hydrogens (tertiary/aromatic N) is 2. The molecule has 0 aliphatic carbocycles. The van der Waals surface area contributed by atoms with Gasteiger partial charge in [0.05, 0.1) is 25.3 Å². The normalized spacial score (nSPS) is 10.8. The lowest BCUT2D eigenvalue weighted by atomic mass is 10.0. The number of rotatable bonds is 7. The van der Waals surface area contributed by atoms with E-state index < -0.39 is 17.2 Å². The Kier molecular flexibility index (Phi) is 6.16. The van der Waals surface area contributed by atoms with E-state index in [1.54, 1.807) is 30.3 Å². The Hall–Kier alpha value is -3.36. The van der Waals surface area contributed by atoms with Gasteiger partial charge in [0, 0.05) is 11.3 Å². The minimum absolute atomic E-state index is 0.0167. The van der Waals surface area contributed by atoms with Crippen LogP contribution in [0.1, 0.15) is 22.8 Å². The molecule has 0 spiro atoms. The number of anilines is 2. The zero-order chi connectivity index (χ0) is 21.0. The lowest BCUT2D eigenvalue weighted by Crippen LogP contribution is -2.29. The second-order valence-corrected chi connectivity index (χ2v) is 6.40. The molecule has 0 amide bonds. The van der Waals surface area contributed by atoms with Crippen molar-refractivity contribution in [3.8, 4) is 11.3 Å². The monoisotopic (exact) mass is 397 g/mol. The summed E-state index contributed by atoms with van der Waals surface area (Å²) in [5, 5.41) is 25.6. The van der Waals surface area contributed by atoms with E-state index in [0.717, 1.165) is 4.68 Å². The maximum absolute atomic E-state index is 13.8. The van der Waals surface area contributed by atoms with Crippen LogP contribution >= 0.6 is 0 Å². The SMILES string of the molecule is CC(=O)c1c(-c2cccc(F)c2)nn(CCO)c(=O)c1Nc1ccc(CO)cc1. The number of aromatic nitrogens is 2. The van der Waals surface area contributed by atoms with Gasteiger partial charge in [-0.2, -0.15) is 5.10 Å². The van der Waals surface area contributed by atoms with Crippen molar-refractivity contribution in [3.63, 3.8) is 0 Å². The molecule has 29 heavy (non-hydrogen) atoms. The van der Waals surface area contributed by atoms with E-state index in [2.05, 4.69) is 10.4 Å². The molecule has 1 heterocycles. The number of carbonyl (C=O) groups excluding carboxylic acids is 1. The van der Waals surface area contributed by atoms with Crippen LogP contribution in [0.15, 0.2) is 53.3 Å². The molecule has 0 saturated heterocycles. The van der Waals surface area contributed by atoms with E-state index in [-0.39, 0.29) is 36.7 Å². The lowest BCUT2D eigenvalue weighted by Gasteiger charge is -2.16. The van der Waals surface area contributed by atoms with E-state index in [1.165, 1.54) is 25.1 Å². The fraction of sp³-hybridized carbons (Fsp3) is 0.190. The standard InChI is InChI=1S/C21H20FN3O4/c1-13(28)18-19(15-3-2-4-16(22)11-15)24-25(9-10-26)21(29)20(18)23-17-7-5-14(12-27)6-8-17/h2-8,11,23,26-27H,9-10,12H2,1H3. The zero-order valence-corrected chi connectivity index (χ0v) is 15.7. The first-order valence-electron chi connectivity index (χ1n) is 8.94. The molecule has 0 fully saturated rings. The van der Waals surface area contributed by atoms with Gasteiger partial charge in [-0.3, -0.25) is 9.59 Å². The molecule has 0 saturated carbocycles. The average Bonchev–Trinajstić information content (AvgIpc) is 2.71. The minimum atomic E-state index is -0.587. The second kappa shape index (κ2) is 8.76. The molecule has 7 nitrogen and oxygen atoms in total. The number of halogens is 1. The summed E-state index contributed by atoms with van der Waals surface area (Å²) in [5.41, 5.74) is 1.11. The van der Waals surface area contributed by atoms with Gasteiger partial charge in [-0.05, 0) is 36.8 Å². The summed E-state index contributed by atoms with van der Waals surface area (Å²) in [7, 11) is 0. The molecule has 0 bridgehead atoms. The topological polar surface area (TPSA) is 104 Å². The Bertz CT molecular complexity index is 1090. The smallest absolute Gasteiger partial charge is 0.291 e. The van der Waals surface area contributed by atoms with Crippen LogP contribution in [0.3, 0.4) is 0 Å². The van der Waals surface area contributed by atoms with Gasteiger partial charge in [0.15, 0.2) is 5.78 Å². The van der Waals surface area contributed by atoms with E-state index in [0.29, 0.717) is 16.8 Å². The zero-order valence-electron chi connectivity index (χ0n) is 15.7. The van der Waals surface area contributed by atoms with Gasteiger partial charge in [0.25, 0.3) is 5.56 Å². The van der Waals surface area contributed by atoms with Gasteiger partial charge in [-0.1, -0.05) is 24.3 Å². The number of ketones is 1. The summed E-state index contributed by atoms with van der Waals surface area (Å²) in [6, 6.07) is 12.2. The summed E-state index contributed by atoms with van der Waals surface area (Å²) in [5.74, 6) is -0.924. The van der Waals surface area contributed by atoms with Gasteiger partial charge in [-0.25, -0.2) is 9.07 Å². The lowest BCUT2D eigenvalue weighted by molar-refractivity contribution is 0.101. The van der Waals surface area contributed by atoms with Gasteiger partial charge >= 0.3 is 0 Å². The predicted molar refractivity (Wildman–Crippen MR) is 107 cm³/mol. The van der Waals surface area contributed by atoms with Crippen LogP contribution in [-0.2, 0) is 13.2 Å². The fourth-order valence-corrected chi connectivity index (χ4v) is 2.95. The molecule has 0 aliphatic heterocycles. The molecule has 150 valence electrons. The summed E-state index contributed by atoms with van der Waals surface area (Å²) in [6.07, 6.45) is 0. The second-order valence-electron chi connectivity index (χ2n) is 6.40. The third kappa shape index (κ3) is 4.39. The summed E-state index contributed by atoms with van der Waals surface area (Å²) in [4.78, 5) is 25.4. The number of aliphatic hydroxyl groups is 2. The molecule has 0 unspecified atom stereocenters. The number of carbonyl (C=O) groups is 1. The Morgan fingerprint density at radius 3 is 2.48 bits per heavy atom. The number of aliphatic hydroxyl groups excluding tert-OH is 2. The number of hydrogen-bond donors (Lipinski definition) is 3. The first kappa shape index (κ1) is 20.4. The minimum Gasteiger partial charge on any atom is -0.394 e. The molecule has 1 aromatic heterocycles. The fourth-order valence-electron chi connectivity index (χ4n) is 2.95. The molecule has 2 aromatic carbocycles. The Balaban J connectivity index is 2.23. The quantitative estimate of drug-likeness (QED) is 0.529. The maximum Gasteiger partial charge on any atom is 0.291 e. The largest absolute Gasteiger partial charge is 0.394 e. The average molecular weight is 397 g/mol. The van der Waals surface area contributed by atoms with E-state index in [1.807, 2.05) is 0 Å². The molecule has 3 aromatic rings. The highest BCUT2D eigenvalue weighted by Gasteiger charge is 2.22. The highest BCUT2D eigenvalue weighted by Crippen LogP contribution is 2.28. The first-order chi connectivity index (χ1) is 13.9. The molecular weight excluding hydrogens is 377 g/mol. The summed E-state index contributed by atoms with van der Waals surface area (Å²) < 4.78 is 14.8. The van der Waals surface area contributed by atoms with Crippen molar-refractivity contribution >= 4 is 17.2 Å². The van der Waals surface area contributed by atoms with Crippen LogP contribution in [0.25, 0.3) is 11.3 Å². The molecule has 3 rings (SSSR count). The molecule has 8 heteroatoms. The summed E-state index contributed by atoms with van der Waals surface area (Å²) >= 11 is 0. The van der Waals surface area contributed by atoms with Crippen molar-refractivity contribution in [1.82, 2.24) is 9.78 Å². The number of benzene rings is 2. The highest BCUT2D eigenvalue weighted by atomic mass is 19.1. The van der Waals surface area contributed by atoms with Crippen LogP contribution in [-0.4, -0.2) is 32.4 Å². The van der Waals surface area contributed by atoms with Crippen LogP contribution < -0.4 is 10.9 Å². The van der Waals surface area contributed by atoms with Crippen molar-refractivity contribution in [3.05, 3.63) is 75.8 Å². The molecule has 3 N–H and O–H groups in total. The van der Waals surface area contributed by atoms with Crippen molar-refractivity contribution in [1.29, 1.82) is 0 Å². The van der Waals surface area contributed by atoms with Gasteiger partial charge in [-0.15, -0.1) is 0 Å². The summed E-state index contributed by atoms with van der Waals surface area (Å²) in [6.45, 7) is 0.758. The number of Topliss-reactive ketones (excluding diaryl/α,β-unsaturated/α-hetero) is 1. The predicted octanol–water partition coefficient (Wildman–Crippen LogP) is 2.48. The van der Waals surface area contributed by atoms with E-state index in [9.17, 15) is 24.2 Å². The Labute approximate surface area is 166 Å². The van der Waals surface area contributed by atoms with E-state index >= 15 is 0 Å². The number of hydrogen-bond acceptors (Lipinski definition) is 6. The third-order valence-corrected chi connectivity index (χ3v) is 4.32. The maximum atomic E-state index is 13.8. The first-order valence-corrected chi connectivity index (χ1v) is 8.94. The Morgan fingerprint density at radius 2 is 1.90 bits per heavy atom. The number of nitrogens with one attached hydrogen (secondary N) is 1. The van der Waals surface area contributed by atoms with Crippen LogP contribution in [0.2, 0.25) is 0 Å². The highest BCUT2D eigenvalue weighted by molar-refractivity contribution is 6.05. The van der Waals surface area contributed by atoms with Crippen LogP contribution in [0, 0.1) is 5.82 Å². The van der Waals surface area contributed by atoms with Crippen molar-refractivity contribution in [2.24, 2.45) is 0 Å². The van der Waals surface area contributed by atoms with Crippen molar-refractivity contribution in [2.75, 3.05) is 11.9 Å². The molecule has 0 radical (unpaired) electrons. The van der Waals surface area contributed by atoms with Gasteiger partial charge in [0.2, 0.25) is 0 Å². The third-order valence-electron chi connectivity index (χ3n) is 4.32. The van der Waals surface area contributed by atoms with Crippen LogP contribution in [0.4, 0.5) is 15.8 Å². The molecular formula is C21H20FN3O4. The molecule has 0 atom stereocenters. The van der Waals surface area contributed by atoms with Crippen molar-refractivity contribution in [2.45, 2.75) is 20.1 Å². The van der Waals surface area contributed by atoms with Crippen LogP contribution in [0.5, 0.6) is 0 Å². The molecule has 0 aliphatic rings. The van der Waals surface area contributed by atoms with Gasteiger partial charge in [0.1, 0.15) is 17.2 Å². The van der Waals surface area contributed by atoms with Crippen molar-refractivity contribution < 1.29 is 19.4 Å². The Morgan fingerprint density at radius 1 is 1.17 bits per heavy atom. The van der Waals surface area contributed by atoms with E-state index in [4.69, 9.17) is 0 Å². The van der Waals surface area contributed by atoms with Gasteiger partial charge < -0.3 is 15.5 Å².